The molecule has 1 unspecified atom stereocenters. The molecule has 1 aliphatic heterocycles. The average molecular weight is 346 g/mol. The second-order valence-corrected chi connectivity index (χ2v) is 6.47. The molecule has 1 atom stereocenters. The van der Waals surface area contributed by atoms with Crippen molar-refractivity contribution >= 4 is 38.3 Å². The Morgan fingerprint density at radius 1 is 1.33 bits per heavy atom. The zero-order valence-electron chi connectivity index (χ0n) is 12.4. The number of halogens is 1. The molecule has 1 heterocycles. The highest BCUT2D eigenvalue weighted by molar-refractivity contribution is 9.10. The number of rotatable bonds is 2. The fraction of sp³-hybridized carbons (Fsp3) is 0.353. The molecule has 2 aromatic rings. The molecule has 21 heavy (non-hydrogen) atoms. The number of fused-ring (bicyclic) bond motifs is 3. The minimum Gasteiger partial charge on any atom is -0.356 e. The summed E-state index contributed by atoms with van der Waals surface area (Å²) >= 11 is 3.64. The fourth-order valence-corrected chi connectivity index (χ4v) is 3.60. The van der Waals surface area contributed by atoms with E-state index in [0.717, 1.165) is 24.0 Å². The van der Waals surface area contributed by atoms with Crippen molar-refractivity contribution < 1.29 is 0 Å². The van der Waals surface area contributed by atoms with Gasteiger partial charge in [0, 0.05) is 29.2 Å². The van der Waals surface area contributed by atoms with E-state index in [1.807, 2.05) is 0 Å². The van der Waals surface area contributed by atoms with E-state index in [1.165, 1.54) is 22.0 Å². The SMILES string of the molecule is CCCNC(=N)N1CC(C)c2c1ccc1c(Br)cccc21. The Bertz CT molecular complexity index is 696. The first kappa shape index (κ1) is 14.4. The Morgan fingerprint density at radius 3 is 2.90 bits per heavy atom. The lowest BCUT2D eigenvalue weighted by molar-refractivity contribution is 0.782. The molecule has 0 radical (unpaired) electrons. The average Bonchev–Trinajstić information content (AvgIpc) is 2.83. The molecule has 2 N–H and O–H groups in total. The molecular formula is C17H20BrN3. The number of hydrogen-bond donors (Lipinski definition) is 2. The van der Waals surface area contributed by atoms with Crippen LogP contribution in [0.4, 0.5) is 5.69 Å². The standard InChI is InChI=1S/C17H20BrN3/c1-3-9-20-17(19)21-10-11(2)16-13-5-4-6-14(18)12(13)7-8-15(16)21/h4-8,11H,3,9-10H2,1-2H3,(H2,19,20). The zero-order chi connectivity index (χ0) is 15.0. The van der Waals surface area contributed by atoms with Gasteiger partial charge in [0.2, 0.25) is 0 Å². The van der Waals surface area contributed by atoms with Crippen molar-refractivity contribution in [3.05, 3.63) is 40.4 Å². The highest BCUT2D eigenvalue weighted by atomic mass is 79.9. The summed E-state index contributed by atoms with van der Waals surface area (Å²) in [5.74, 6) is 0.943. The van der Waals surface area contributed by atoms with Crippen molar-refractivity contribution in [2.45, 2.75) is 26.2 Å². The highest BCUT2D eigenvalue weighted by Gasteiger charge is 2.29. The quantitative estimate of drug-likeness (QED) is 0.622. The monoisotopic (exact) mass is 345 g/mol. The molecule has 0 amide bonds. The molecule has 2 aromatic carbocycles. The number of guanidine groups is 1. The van der Waals surface area contributed by atoms with E-state index in [9.17, 15) is 0 Å². The van der Waals surface area contributed by atoms with Crippen LogP contribution in [0.15, 0.2) is 34.8 Å². The largest absolute Gasteiger partial charge is 0.356 e. The smallest absolute Gasteiger partial charge is 0.195 e. The Hall–Kier alpha value is -1.55. The van der Waals surface area contributed by atoms with Gasteiger partial charge in [0.15, 0.2) is 5.96 Å². The second-order valence-electron chi connectivity index (χ2n) is 5.62. The Kier molecular flexibility index (Phi) is 3.89. The van der Waals surface area contributed by atoms with Gasteiger partial charge < -0.3 is 10.2 Å². The van der Waals surface area contributed by atoms with E-state index >= 15 is 0 Å². The number of hydrogen-bond acceptors (Lipinski definition) is 1. The maximum absolute atomic E-state index is 8.27. The predicted molar refractivity (Wildman–Crippen MR) is 93.4 cm³/mol. The van der Waals surface area contributed by atoms with Gasteiger partial charge in [-0.2, -0.15) is 0 Å². The van der Waals surface area contributed by atoms with Gasteiger partial charge in [0.25, 0.3) is 0 Å². The molecule has 0 spiro atoms. The van der Waals surface area contributed by atoms with Crippen molar-refractivity contribution in [1.29, 1.82) is 5.41 Å². The third kappa shape index (κ3) is 2.42. The van der Waals surface area contributed by atoms with Gasteiger partial charge in [-0.3, -0.25) is 5.41 Å². The van der Waals surface area contributed by atoms with E-state index in [2.05, 4.69) is 70.3 Å². The second kappa shape index (κ2) is 5.68. The van der Waals surface area contributed by atoms with Crippen LogP contribution in [0.25, 0.3) is 10.8 Å². The summed E-state index contributed by atoms with van der Waals surface area (Å²) in [6.07, 6.45) is 1.03. The summed E-state index contributed by atoms with van der Waals surface area (Å²) in [5, 5.41) is 14.0. The molecule has 3 rings (SSSR count). The lowest BCUT2D eigenvalue weighted by Gasteiger charge is -2.21. The molecule has 3 nitrogen and oxygen atoms in total. The topological polar surface area (TPSA) is 39.1 Å². The summed E-state index contributed by atoms with van der Waals surface area (Å²) in [6, 6.07) is 10.6. The third-order valence-electron chi connectivity index (χ3n) is 4.08. The van der Waals surface area contributed by atoms with Gasteiger partial charge in [-0.15, -0.1) is 0 Å². The zero-order valence-corrected chi connectivity index (χ0v) is 14.0. The predicted octanol–water partition coefficient (Wildman–Crippen LogP) is 4.46. The summed E-state index contributed by atoms with van der Waals surface area (Å²) in [5.41, 5.74) is 2.53. The minimum atomic E-state index is 0.432. The Labute approximate surface area is 134 Å². The van der Waals surface area contributed by atoms with Gasteiger partial charge in [-0.25, -0.2) is 0 Å². The lowest BCUT2D eigenvalue weighted by atomic mass is 9.96. The molecule has 0 saturated heterocycles. The van der Waals surface area contributed by atoms with Gasteiger partial charge in [-0.1, -0.05) is 48.0 Å². The normalized spacial score (nSPS) is 17.1. The number of benzene rings is 2. The van der Waals surface area contributed by atoms with E-state index in [-0.39, 0.29) is 0 Å². The first-order chi connectivity index (χ1) is 10.1. The van der Waals surface area contributed by atoms with Crippen molar-refractivity contribution in [2.24, 2.45) is 0 Å². The van der Waals surface area contributed by atoms with Crippen molar-refractivity contribution in [2.75, 3.05) is 18.0 Å². The van der Waals surface area contributed by atoms with E-state index < -0.39 is 0 Å². The van der Waals surface area contributed by atoms with Gasteiger partial charge in [0.05, 0.1) is 0 Å². The molecule has 0 fully saturated rings. The number of anilines is 1. The number of nitrogens with one attached hydrogen (secondary N) is 2. The molecule has 1 aliphatic rings. The summed E-state index contributed by atoms with van der Waals surface area (Å²) in [7, 11) is 0. The van der Waals surface area contributed by atoms with Gasteiger partial charge >= 0.3 is 0 Å². The molecule has 110 valence electrons. The van der Waals surface area contributed by atoms with E-state index in [1.54, 1.807) is 0 Å². The summed E-state index contributed by atoms with van der Waals surface area (Å²) in [4.78, 5) is 2.09. The van der Waals surface area contributed by atoms with Crippen molar-refractivity contribution in [3.8, 4) is 0 Å². The minimum absolute atomic E-state index is 0.432. The lowest BCUT2D eigenvalue weighted by Crippen LogP contribution is -2.40. The van der Waals surface area contributed by atoms with Crippen LogP contribution >= 0.6 is 15.9 Å². The Balaban J connectivity index is 2.07. The van der Waals surface area contributed by atoms with Crippen molar-refractivity contribution in [3.63, 3.8) is 0 Å². The molecular weight excluding hydrogens is 326 g/mol. The third-order valence-corrected chi connectivity index (χ3v) is 4.77. The van der Waals surface area contributed by atoms with Gasteiger partial charge in [-0.05, 0) is 34.9 Å². The van der Waals surface area contributed by atoms with Crippen LogP contribution in [0.5, 0.6) is 0 Å². The van der Waals surface area contributed by atoms with E-state index in [0.29, 0.717) is 11.9 Å². The van der Waals surface area contributed by atoms with E-state index in [4.69, 9.17) is 5.41 Å². The first-order valence-corrected chi connectivity index (χ1v) is 8.24. The van der Waals surface area contributed by atoms with Crippen LogP contribution in [0.3, 0.4) is 0 Å². The molecule has 0 aromatic heterocycles. The maximum Gasteiger partial charge on any atom is 0.195 e. The molecule has 0 bridgehead atoms. The summed E-state index contributed by atoms with van der Waals surface area (Å²) < 4.78 is 1.13. The molecule has 0 aliphatic carbocycles. The van der Waals surface area contributed by atoms with Crippen LogP contribution < -0.4 is 10.2 Å². The van der Waals surface area contributed by atoms with Crippen LogP contribution in [-0.2, 0) is 0 Å². The van der Waals surface area contributed by atoms with Crippen LogP contribution in [0.2, 0.25) is 0 Å². The molecule has 0 saturated carbocycles. The fourth-order valence-electron chi connectivity index (χ4n) is 3.10. The molecule has 4 heteroatoms. The number of nitrogens with zero attached hydrogens (tertiary/aromatic N) is 1. The first-order valence-electron chi connectivity index (χ1n) is 7.44. The summed E-state index contributed by atoms with van der Waals surface area (Å²) in [6.45, 7) is 6.08. The Morgan fingerprint density at radius 2 is 2.14 bits per heavy atom. The highest BCUT2D eigenvalue weighted by Crippen LogP contribution is 2.42. The van der Waals surface area contributed by atoms with Crippen LogP contribution in [0.1, 0.15) is 31.7 Å². The van der Waals surface area contributed by atoms with Gasteiger partial charge in [0.1, 0.15) is 0 Å². The van der Waals surface area contributed by atoms with Crippen LogP contribution in [0, 0.1) is 5.41 Å². The van der Waals surface area contributed by atoms with Crippen molar-refractivity contribution in [1.82, 2.24) is 5.32 Å². The maximum atomic E-state index is 8.27. The van der Waals surface area contributed by atoms with Crippen LogP contribution in [-0.4, -0.2) is 19.0 Å².